The summed E-state index contributed by atoms with van der Waals surface area (Å²) in [5.74, 6) is -0.314. The number of hydrogen-bond acceptors (Lipinski definition) is 5. The van der Waals surface area contributed by atoms with Crippen molar-refractivity contribution in [3.8, 4) is 0 Å². The van der Waals surface area contributed by atoms with Crippen LogP contribution in [0.3, 0.4) is 0 Å². The largest absolute Gasteiger partial charge is 0.368 e. The van der Waals surface area contributed by atoms with Crippen molar-refractivity contribution >= 4 is 11.8 Å². The molecule has 5 N–H and O–H groups in total. The molecule has 0 unspecified atom stereocenters. The van der Waals surface area contributed by atoms with Gasteiger partial charge in [-0.05, 0) is 19.4 Å². The molecule has 1 atom stereocenters. The van der Waals surface area contributed by atoms with E-state index in [9.17, 15) is 9.59 Å². The molecule has 0 saturated carbocycles. The Hall–Kier alpha value is -1.18. The summed E-state index contributed by atoms with van der Waals surface area (Å²) in [5, 5.41) is 26.0. The van der Waals surface area contributed by atoms with E-state index in [0.29, 0.717) is 19.5 Å². The zero-order chi connectivity index (χ0) is 15.5. The number of nitrogens with one attached hydrogen (secondary N) is 3. The number of amides is 2. The van der Waals surface area contributed by atoms with Crippen LogP contribution in [0.25, 0.3) is 0 Å². The van der Waals surface area contributed by atoms with Crippen molar-refractivity contribution in [2.45, 2.75) is 45.4 Å². The normalized spacial score (nSPS) is 12.6. The van der Waals surface area contributed by atoms with Gasteiger partial charge in [0.2, 0.25) is 11.8 Å². The highest BCUT2D eigenvalue weighted by atomic mass is 16.5. The Balaban J connectivity index is 4.38. The van der Waals surface area contributed by atoms with Gasteiger partial charge in [0, 0.05) is 25.9 Å². The molecule has 0 bridgehead atoms. The number of hydrogen-bond donors (Lipinski definition) is 5. The lowest BCUT2D eigenvalue weighted by Gasteiger charge is -2.19. The minimum atomic E-state index is -1.48. The second-order valence-electron chi connectivity index (χ2n) is 5.17. The Bertz CT molecular complexity index is 295. The highest BCUT2D eigenvalue weighted by Gasteiger charge is 2.21. The van der Waals surface area contributed by atoms with Crippen molar-refractivity contribution in [1.29, 1.82) is 0 Å². The van der Waals surface area contributed by atoms with E-state index in [4.69, 9.17) is 10.2 Å². The molecule has 0 fully saturated rings. The van der Waals surface area contributed by atoms with Crippen LogP contribution in [0.1, 0.15) is 33.1 Å². The van der Waals surface area contributed by atoms with Crippen LogP contribution in [0.4, 0.5) is 0 Å². The van der Waals surface area contributed by atoms with E-state index in [0.717, 1.165) is 0 Å². The number of aliphatic hydroxyl groups is 2. The van der Waals surface area contributed by atoms with Crippen molar-refractivity contribution in [2.24, 2.45) is 5.92 Å². The van der Waals surface area contributed by atoms with Crippen LogP contribution < -0.4 is 16.0 Å². The molecule has 7 heteroatoms. The van der Waals surface area contributed by atoms with Crippen molar-refractivity contribution in [2.75, 3.05) is 20.1 Å². The fourth-order valence-electron chi connectivity index (χ4n) is 1.64. The Kier molecular flexibility index (Phi) is 9.96. The number of carbonyl (C=O) groups excluding carboxylic acids is 2. The molecule has 0 rings (SSSR count). The molecule has 0 aliphatic rings. The van der Waals surface area contributed by atoms with Crippen LogP contribution in [0.2, 0.25) is 0 Å². The highest BCUT2D eigenvalue weighted by Crippen LogP contribution is 2.04. The lowest BCUT2D eigenvalue weighted by molar-refractivity contribution is -0.130. The molecule has 20 heavy (non-hydrogen) atoms. The van der Waals surface area contributed by atoms with Crippen molar-refractivity contribution < 1.29 is 19.8 Å². The summed E-state index contributed by atoms with van der Waals surface area (Å²) in [6, 6.07) is -0.736. The van der Waals surface area contributed by atoms with Crippen molar-refractivity contribution in [1.82, 2.24) is 16.0 Å². The van der Waals surface area contributed by atoms with Gasteiger partial charge in [0.15, 0.2) is 6.29 Å². The van der Waals surface area contributed by atoms with Crippen LogP contribution in [-0.2, 0) is 9.59 Å². The number of carbonyl (C=O) groups is 2. The first-order valence-corrected chi connectivity index (χ1v) is 6.94. The van der Waals surface area contributed by atoms with Gasteiger partial charge in [-0.25, -0.2) is 0 Å². The zero-order valence-corrected chi connectivity index (χ0v) is 12.5. The smallest absolute Gasteiger partial charge is 0.242 e. The topological polar surface area (TPSA) is 111 Å². The fraction of sp³-hybridized carbons (Fsp3) is 0.846. The van der Waals surface area contributed by atoms with E-state index in [1.807, 2.05) is 13.8 Å². The third kappa shape index (κ3) is 9.71. The molecule has 0 saturated heterocycles. The summed E-state index contributed by atoms with van der Waals surface area (Å²) >= 11 is 0. The van der Waals surface area contributed by atoms with Crippen molar-refractivity contribution in [3.63, 3.8) is 0 Å². The zero-order valence-electron chi connectivity index (χ0n) is 12.5. The number of likely N-dealkylation sites (N-methyl/N-ethyl adjacent to an activating group) is 1. The maximum atomic E-state index is 11.9. The Labute approximate surface area is 120 Å². The summed E-state index contributed by atoms with van der Waals surface area (Å²) in [6.07, 6.45) is -0.925. The first-order valence-electron chi connectivity index (χ1n) is 6.94. The van der Waals surface area contributed by atoms with Gasteiger partial charge in [-0.3, -0.25) is 9.59 Å². The fourth-order valence-corrected chi connectivity index (χ4v) is 1.64. The van der Waals surface area contributed by atoms with E-state index in [1.54, 1.807) is 7.05 Å². The van der Waals surface area contributed by atoms with Crippen LogP contribution in [0.5, 0.6) is 0 Å². The van der Waals surface area contributed by atoms with E-state index in [1.165, 1.54) is 0 Å². The van der Waals surface area contributed by atoms with E-state index >= 15 is 0 Å². The first kappa shape index (κ1) is 18.8. The van der Waals surface area contributed by atoms with E-state index in [-0.39, 0.29) is 30.6 Å². The molecular weight excluding hydrogens is 262 g/mol. The van der Waals surface area contributed by atoms with Gasteiger partial charge < -0.3 is 26.2 Å². The highest BCUT2D eigenvalue weighted by molar-refractivity contribution is 5.87. The molecule has 0 aromatic rings. The third-order valence-corrected chi connectivity index (χ3v) is 2.63. The Morgan fingerprint density at radius 3 is 2.25 bits per heavy atom. The van der Waals surface area contributed by atoms with Gasteiger partial charge in [-0.15, -0.1) is 0 Å². The molecule has 7 nitrogen and oxygen atoms in total. The van der Waals surface area contributed by atoms with Gasteiger partial charge in [-0.1, -0.05) is 13.8 Å². The van der Waals surface area contributed by atoms with Crippen LogP contribution in [0.15, 0.2) is 0 Å². The molecule has 0 spiro atoms. The maximum absolute atomic E-state index is 11.9. The van der Waals surface area contributed by atoms with E-state index < -0.39 is 12.3 Å². The molecule has 2 amide bonds. The van der Waals surface area contributed by atoms with Gasteiger partial charge in [0.25, 0.3) is 0 Å². The molecular formula is C13H27N3O4. The standard InChI is InChI=1S/C13H27N3O4/c1-9(2)8-11(17)16-10(4-5-12(18)19)13(20)15-7-6-14-3/h9-10,12,14,18-19H,4-8H2,1-3H3,(H,15,20)(H,16,17)/t10-/m1/s1. The first-order chi connectivity index (χ1) is 9.36. The van der Waals surface area contributed by atoms with Gasteiger partial charge in [0.1, 0.15) is 6.04 Å². The van der Waals surface area contributed by atoms with Crippen LogP contribution in [-0.4, -0.2) is 54.5 Å². The Morgan fingerprint density at radius 1 is 1.10 bits per heavy atom. The minimum absolute atomic E-state index is 0.0338. The van der Waals surface area contributed by atoms with Gasteiger partial charge >= 0.3 is 0 Å². The maximum Gasteiger partial charge on any atom is 0.242 e. The molecule has 0 radical (unpaired) electrons. The second kappa shape index (κ2) is 10.6. The molecule has 0 heterocycles. The lowest BCUT2D eigenvalue weighted by atomic mass is 10.1. The third-order valence-electron chi connectivity index (χ3n) is 2.63. The summed E-state index contributed by atoms with van der Waals surface area (Å²) in [5.41, 5.74) is 0. The van der Waals surface area contributed by atoms with Crippen LogP contribution >= 0.6 is 0 Å². The van der Waals surface area contributed by atoms with E-state index in [2.05, 4.69) is 16.0 Å². The quantitative estimate of drug-likeness (QED) is 0.260. The molecule has 0 aliphatic carbocycles. The summed E-state index contributed by atoms with van der Waals surface area (Å²) in [7, 11) is 1.77. The van der Waals surface area contributed by atoms with Crippen LogP contribution in [0, 0.1) is 5.92 Å². The van der Waals surface area contributed by atoms with Gasteiger partial charge in [0.05, 0.1) is 0 Å². The average molecular weight is 289 g/mol. The number of rotatable bonds is 10. The lowest BCUT2D eigenvalue weighted by Crippen LogP contribution is -2.48. The minimum Gasteiger partial charge on any atom is -0.368 e. The molecule has 0 aromatic heterocycles. The summed E-state index contributed by atoms with van der Waals surface area (Å²) < 4.78 is 0. The predicted molar refractivity (Wildman–Crippen MR) is 75.8 cm³/mol. The number of aliphatic hydroxyl groups excluding tert-OH is 1. The Morgan fingerprint density at radius 2 is 1.75 bits per heavy atom. The predicted octanol–water partition coefficient (Wildman–Crippen LogP) is -1.06. The molecule has 118 valence electrons. The van der Waals surface area contributed by atoms with Gasteiger partial charge in [-0.2, -0.15) is 0 Å². The van der Waals surface area contributed by atoms with Crippen molar-refractivity contribution in [3.05, 3.63) is 0 Å². The second-order valence-corrected chi connectivity index (χ2v) is 5.17. The average Bonchev–Trinajstić information content (AvgIpc) is 2.33. The monoisotopic (exact) mass is 289 g/mol. The SMILES string of the molecule is CNCCNC(=O)[C@@H](CCC(O)O)NC(=O)CC(C)C. The summed E-state index contributed by atoms with van der Waals surface area (Å²) in [6.45, 7) is 4.91. The summed E-state index contributed by atoms with van der Waals surface area (Å²) in [4.78, 5) is 23.6. The molecule has 0 aromatic carbocycles. The molecule has 0 aliphatic heterocycles.